The van der Waals surface area contributed by atoms with Gasteiger partial charge in [-0.1, -0.05) is 0 Å². The maximum absolute atomic E-state index is 5.26. The van der Waals surface area contributed by atoms with Crippen molar-refractivity contribution in [1.82, 2.24) is 0 Å². The molecule has 0 nitrogen and oxygen atoms in total. The topological polar surface area (TPSA) is 0 Å². The van der Waals surface area contributed by atoms with E-state index in [9.17, 15) is 0 Å². The lowest BCUT2D eigenvalue weighted by molar-refractivity contribution is 3.81. The van der Waals surface area contributed by atoms with Gasteiger partial charge < -0.3 is 0 Å². The molecule has 0 amide bonds. The molecule has 0 aliphatic carbocycles. The van der Waals surface area contributed by atoms with Gasteiger partial charge in [0.25, 0.3) is 0 Å². The first kappa shape index (κ1) is 23.8. The Morgan fingerprint density at radius 3 is 0.909 bits per heavy atom. The fourth-order valence-corrected chi connectivity index (χ4v) is 2.37. The van der Waals surface area contributed by atoms with Crippen LogP contribution in [0.25, 0.3) is 0 Å². The summed E-state index contributed by atoms with van der Waals surface area (Å²) < 4.78 is 0. The van der Waals surface area contributed by atoms with E-state index in [1.807, 2.05) is 63.5 Å². The summed E-state index contributed by atoms with van der Waals surface area (Å²) in [5.74, 6) is 0. The zero-order chi connectivity index (χ0) is 16.3. The van der Waals surface area contributed by atoms with Gasteiger partial charge in [0.15, 0.2) is 0 Å². The molecule has 0 saturated heterocycles. The van der Waals surface area contributed by atoms with Gasteiger partial charge >= 0.3 is 0 Å². The average Bonchev–Trinajstić information content (AvgIpc) is 2.53. The standard InChI is InChI=1S/B21P/c1-4-7-10-13-16-19-22(20-17-14-11-8-5-2)21-18-15-12-9-6-3. The van der Waals surface area contributed by atoms with Gasteiger partial charge in [-0.05, 0) is 0 Å². The highest BCUT2D eigenvalue weighted by atomic mass is 31.1. The predicted octanol–water partition coefficient (Wildman–Crippen LogP) is -7.14. The second-order valence-corrected chi connectivity index (χ2v) is 5.57. The minimum Gasteiger partial charge on any atom is -0.249 e. The van der Waals surface area contributed by atoms with E-state index >= 15 is 0 Å². The van der Waals surface area contributed by atoms with Crippen LogP contribution in [0.4, 0.5) is 0 Å². The van der Waals surface area contributed by atoms with Crippen LogP contribution in [0.5, 0.6) is 0 Å². The Kier molecular flexibility index (Phi) is 22.5. The van der Waals surface area contributed by atoms with Crippen molar-refractivity contribution < 1.29 is 0 Å². The van der Waals surface area contributed by atoms with E-state index in [4.69, 9.17) is 23.2 Å². The van der Waals surface area contributed by atoms with Crippen LogP contribution in [-0.4, -0.2) is 150 Å². The van der Waals surface area contributed by atoms with Crippen LogP contribution in [-0.2, 0) is 0 Å². The lowest BCUT2D eigenvalue weighted by atomic mass is 8.96. The second kappa shape index (κ2) is 20.8. The van der Waals surface area contributed by atoms with Crippen molar-refractivity contribution in [2.24, 2.45) is 0 Å². The third kappa shape index (κ3) is 18.1. The molecule has 0 atom stereocenters. The first-order valence-corrected chi connectivity index (χ1v) is 8.32. The Labute approximate surface area is 157 Å². The van der Waals surface area contributed by atoms with Gasteiger partial charge in [0.2, 0.25) is 0 Å². The normalized spacial score (nSPS) is 8.05. The van der Waals surface area contributed by atoms with Gasteiger partial charge in [0.05, 0.1) is 20.7 Å². The van der Waals surface area contributed by atoms with Crippen molar-refractivity contribution in [2.75, 3.05) is 0 Å². The highest BCUT2D eigenvalue weighted by Gasteiger charge is 2.10. The van der Waals surface area contributed by atoms with Crippen molar-refractivity contribution in [3.8, 4) is 0 Å². The predicted molar refractivity (Wildman–Crippen MR) is 128 cm³/mol. The largest absolute Gasteiger partial charge is 0.249 e. The van der Waals surface area contributed by atoms with Crippen LogP contribution in [0, 0.1) is 0 Å². The maximum atomic E-state index is 5.26. The van der Waals surface area contributed by atoms with Crippen LogP contribution in [0.15, 0.2) is 0 Å². The molecular formula is B21P. The summed E-state index contributed by atoms with van der Waals surface area (Å²) in [5.41, 5.74) is 0. The first-order valence-electron chi connectivity index (χ1n) is 6.77. The lowest BCUT2D eigenvalue weighted by Gasteiger charge is -2.16. The molecule has 0 aromatic carbocycles. The molecule has 0 saturated carbocycles. The molecule has 22 heavy (non-hydrogen) atoms. The third-order valence-corrected chi connectivity index (χ3v) is 3.66. The molecule has 68 valence electrons. The minimum atomic E-state index is -0.485. The van der Waals surface area contributed by atoms with E-state index in [0.717, 1.165) is 0 Å². The van der Waals surface area contributed by atoms with Crippen LogP contribution in [0.3, 0.4) is 0 Å². The average molecular weight is 258 g/mol. The van der Waals surface area contributed by atoms with Gasteiger partial charge in [-0.2, -0.15) is 0 Å². The van der Waals surface area contributed by atoms with E-state index in [-0.39, 0.29) is 0 Å². The first-order chi connectivity index (χ1) is 10.8. The molecule has 24 radical (unpaired) electrons. The molecule has 0 aromatic heterocycles. The van der Waals surface area contributed by atoms with E-state index in [1.165, 1.54) is 21.2 Å². The summed E-state index contributed by atoms with van der Waals surface area (Å²) in [7, 11) is 42.7. The molecule has 0 rings (SSSR count). The van der Waals surface area contributed by atoms with Crippen molar-refractivity contribution in [3.63, 3.8) is 0 Å². The number of hydrogen-bond donors (Lipinski definition) is 0. The Bertz CT molecular complexity index is 157. The van der Waals surface area contributed by atoms with Crippen LogP contribution >= 0.6 is 7.56 Å². The molecule has 0 N–H and O–H groups in total. The van der Waals surface area contributed by atoms with E-state index in [0.29, 0.717) is 0 Å². The Morgan fingerprint density at radius 2 is 0.636 bits per heavy atom. The highest BCUT2D eigenvalue weighted by Crippen LogP contribution is 2.25. The molecule has 0 unspecified atom stereocenters. The van der Waals surface area contributed by atoms with Crippen LogP contribution in [0.2, 0.25) is 0 Å². The van der Waals surface area contributed by atoms with E-state index in [2.05, 4.69) is 20.7 Å². The van der Waals surface area contributed by atoms with Gasteiger partial charge in [0.1, 0.15) is 0 Å². The van der Waals surface area contributed by atoms with Crippen molar-refractivity contribution in [2.45, 2.75) is 0 Å². The molecular weight excluding hydrogens is 258 g/mol. The molecule has 0 aliphatic heterocycles. The van der Waals surface area contributed by atoms with E-state index in [1.54, 1.807) is 21.2 Å². The molecule has 0 heterocycles. The molecule has 22 heteroatoms. The SMILES string of the molecule is [B][B][B][B][B][B][B]P([B][B][B][B][B][B][B])[B][B][B][B][B][B][B]. The second-order valence-electron chi connectivity index (χ2n) is 3.78. The Balaban J connectivity index is 3.72. The summed E-state index contributed by atoms with van der Waals surface area (Å²) in [6.07, 6.45) is 0. The molecule has 0 spiro atoms. The fraction of sp³-hybridized carbons (Fsp3) is 0. The zero-order valence-electron chi connectivity index (χ0n) is 12.6. The summed E-state index contributed by atoms with van der Waals surface area (Å²) >= 11 is 0. The number of rotatable bonds is 18. The van der Waals surface area contributed by atoms with Crippen LogP contribution < -0.4 is 0 Å². The number of hydrogen-bond acceptors (Lipinski definition) is 0. The molecule has 0 bridgehead atoms. The zero-order valence-corrected chi connectivity index (χ0v) is 13.5. The van der Waals surface area contributed by atoms with Crippen molar-refractivity contribution in [1.29, 1.82) is 0 Å². The summed E-state index contributed by atoms with van der Waals surface area (Å²) in [6, 6.07) is 0. The van der Waals surface area contributed by atoms with E-state index < -0.39 is 7.56 Å². The lowest BCUT2D eigenvalue weighted by Crippen LogP contribution is -2.32. The maximum Gasteiger partial charge on any atom is 0.0661 e. The van der Waals surface area contributed by atoms with Crippen LogP contribution in [0.1, 0.15) is 0 Å². The summed E-state index contributed by atoms with van der Waals surface area (Å²) in [4.78, 5) is 0. The van der Waals surface area contributed by atoms with Gasteiger partial charge in [0, 0.05) is 129 Å². The van der Waals surface area contributed by atoms with Crippen molar-refractivity contribution >= 4 is 157 Å². The quantitative estimate of drug-likeness (QED) is 0.130. The minimum absolute atomic E-state index is 0.485. The van der Waals surface area contributed by atoms with Gasteiger partial charge in [-0.3, -0.25) is 0 Å². The summed E-state index contributed by atoms with van der Waals surface area (Å²) in [5, 5.41) is 0. The fourth-order valence-electron chi connectivity index (χ4n) is 1.17. The molecule has 0 fully saturated rings. The Hall–Kier alpha value is 1.79. The third-order valence-electron chi connectivity index (χ3n) is 2.11. The Morgan fingerprint density at radius 1 is 0.364 bits per heavy atom. The monoisotopic (exact) mass is 262 g/mol. The summed E-state index contributed by atoms with van der Waals surface area (Å²) in [6.45, 7) is 6.42. The highest BCUT2D eigenvalue weighted by molar-refractivity contribution is 8.34. The van der Waals surface area contributed by atoms with Gasteiger partial charge in [-0.25, -0.2) is 7.56 Å². The van der Waals surface area contributed by atoms with Gasteiger partial charge in [-0.15, -0.1) is 0 Å². The molecule has 0 aromatic rings. The molecule has 0 aliphatic rings. The van der Waals surface area contributed by atoms with Crippen molar-refractivity contribution in [3.05, 3.63) is 0 Å². The smallest absolute Gasteiger partial charge is 0.0661 e.